The van der Waals surface area contributed by atoms with Crippen molar-refractivity contribution in [3.05, 3.63) is 76.4 Å². The first-order chi connectivity index (χ1) is 12.0. The third kappa shape index (κ3) is 5.60. The van der Waals surface area contributed by atoms with E-state index in [1.54, 1.807) is 6.07 Å². The molecular formula is C23H28O2. The molecule has 2 rings (SSSR count). The molecule has 1 atom stereocenters. The number of aryl methyl sites for hydroxylation is 2. The predicted octanol–water partition coefficient (Wildman–Crippen LogP) is 6.24. The number of carboxylic acid groups (broad SMARTS) is 1. The van der Waals surface area contributed by atoms with Crippen LogP contribution in [-0.4, -0.2) is 11.1 Å². The molecule has 2 nitrogen and oxygen atoms in total. The Balaban J connectivity index is 1.95. The van der Waals surface area contributed by atoms with Gasteiger partial charge in [0.05, 0.1) is 5.56 Å². The summed E-state index contributed by atoms with van der Waals surface area (Å²) in [7, 11) is 0. The molecule has 0 radical (unpaired) electrons. The number of aromatic carboxylic acids is 1. The standard InChI is InChI=1S/C23H28O2/c1-4-7-19-11-13-20(14-12-19)9-6-5-8-18(3)22-16-17(2)10-15-21(22)23(24)25/h6,9-16,18H,4-5,7-8H2,1-3H3,(H,24,25). The van der Waals surface area contributed by atoms with E-state index in [1.807, 2.05) is 19.1 Å². The first-order valence-electron chi connectivity index (χ1n) is 9.10. The van der Waals surface area contributed by atoms with Crippen molar-refractivity contribution >= 4 is 12.0 Å². The second-order valence-corrected chi connectivity index (χ2v) is 6.77. The van der Waals surface area contributed by atoms with Gasteiger partial charge in [0.15, 0.2) is 0 Å². The van der Waals surface area contributed by atoms with E-state index in [4.69, 9.17) is 0 Å². The molecule has 1 unspecified atom stereocenters. The summed E-state index contributed by atoms with van der Waals surface area (Å²) in [5.74, 6) is -0.618. The van der Waals surface area contributed by atoms with Gasteiger partial charge in [-0.05, 0) is 54.9 Å². The maximum absolute atomic E-state index is 11.4. The second-order valence-electron chi connectivity index (χ2n) is 6.77. The highest BCUT2D eigenvalue weighted by Gasteiger charge is 2.15. The van der Waals surface area contributed by atoms with Crippen molar-refractivity contribution in [2.75, 3.05) is 0 Å². The minimum Gasteiger partial charge on any atom is -0.478 e. The number of allylic oxidation sites excluding steroid dienone is 1. The number of carbonyl (C=O) groups is 1. The van der Waals surface area contributed by atoms with Crippen molar-refractivity contribution in [1.82, 2.24) is 0 Å². The fraction of sp³-hybridized carbons (Fsp3) is 0.348. The Hall–Kier alpha value is -2.35. The van der Waals surface area contributed by atoms with Gasteiger partial charge in [0, 0.05) is 0 Å². The molecule has 2 heteroatoms. The number of carboxylic acids is 1. The van der Waals surface area contributed by atoms with Crippen molar-refractivity contribution in [3.63, 3.8) is 0 Å². The van der Waals surface area contributed by atoms with E-state index >= 15 is 0 Å². The molecule has 0 bridgehead atoms. The van der Waals surface area contributed by atoms with Crippen LogP contribution in [0, 0.1) is 6.92 Å². The summed E-state index contributed by atoms with van der Waals surface area (Å²) in [5.41, 5.74) is 5.07. The predicted molar refractivity (Wildman–Crippen MR) is 105 cm³/mol. The monoisotopic (exact) mass is 336 g/mol. The van der Waals surface area contributed by atoms with Crippen molar-refractivity contribution in [2.24, 2.45) is 0 Å². The Labute approximate surface area is 151 Å². The van der Waals surface area contributed by atoms with E-state index in [2.05, 4.69) is 50.3 Å². The molecular weight excluding hydrogens is 308 g/mol. The van der Waals surface area contributed by atoms with Gasteiger partial charge in [-0.15, -0.1) is 0 Å². The summed E-state index contributed by atoms with van der Waals surface area (Å²) in [6.07, 6.45) is 8.51. The molecule has 0 aromatic heterocycles. The average Bonchev–Trinajstić information content (AvgIpc) is 2.59. The van der Waals surface area contributed by atoms with Gasteiger partial charge in [-0.3, -0.25) is 0 Å². The van der Waals surface area contributed by atoms with E-state index in [-0.39, 0.29) is 5.92 Å². The first kappa shape index (κ1) is 19.0. The van der Waals surface area contributed by atoms with Gasteiger partial charge in [-0.25, -0.2) is 4.79 Å². The number of benzene rings is 2. The summed E-state index contributed by atoms with van der Waals surface area (Å²) < 4.78 is 0. The summed E-state index contributed by atoms with van der Waals surface area (Å²) >= 11 is 0. The largest absolute Gasteiger partial charge is 0.478 e. The lowest BCUT2D eigenvalue weighted by atomic mass is 9.90. The quantitative estimate of drug-likeness (QED) is 0.619. The van der Waals surface area contributed by atoms with Crippen LogP contribution < -0.4 is 0 Å². The van der Waals surface area contributed by atoms with E-state index in [0.717, 1.165) is 30.4 Å². The van der Waals surface area contributed by atoms with E-state index < -0.39 is 5.97 Å². The fourth-order valence-corrected chi connectivity index (χ4v) is 3.09. The molecule has 0 spiro atoms. The van der Waals surface area contributed by atoms with Crippen LogP contribution in [0.2, 0.25) is 0 Å². The highest BCUT2D eigenvalue weighted by atomic mass is 16.4. The number of hydrogen-bond acceptors (Lipinski definition) is 1. The molecule has 2 aromatic carbocycles. The maximum atomic E-state index is 11.4. The van der Waals surface area contributed by atoms with Crippen molar-refractivity contribution < 1.29 is 9.90 Å². The Morgan fingerprint density at radius 2 is 1.88 bits per heavy atom. The summed E-state index contributed by atoms with van der Waals surface area (Å²) in [6.45, 7) is 6.30. The number of hydrogen-bond donors (Lipinski definition) is 1. The van der Waals surface area contributed by atoms with Crippen LogP contribution in [0.15, 0.2) is 48.5 Å². The van der Waals surface area contributed by atoms with Crippen molar-refractivity contribution in [3.8, 4) is 0 Å². The Bertz CT molecular complexity index is 726. The topological polar surface area (TPSA) is 37.3 Å². The molecule has 0 heterocycles. The first-order valence-corrected chi connectivity index (χ1v) is 9.10. The third-order valence-electron chi connectivity index (χ3n) is 4.56. The molecule has 0 aliphatic heterocycles. The smallest absolute Gasteiger partial charge is 0.335 e. The minimum absolute atomic E-state index is 0.225. The van der Waals surface area contributed by atoms with Crippen LogP contribution in [0.3, 0.4) is 0 Å². The molecule has 2 aromatic rings. The zero-order chi connectivity index (χ0) is 18.2. The highest BCUT2D eigenvalue weighted by molar-refractivity contribution is 5.89. The van der Waals surface area contributed by atoms with Crippen LogP contribution in [-0.2, 0) is 6.42 Å². The molecule has 25 heavy (non-hydrogen) atoms. The Morgan fingerprint density at radius 3 is 2.52 bits per heavy atom. The van der Waals surface area contributed by atoms with Gasteiger partial charge in [-0.1, -0.05) is 74.4 Å². The lowest BCUT2D eigenvalue weighted by Gasteiger charge is -2.14. The third-order valence-corrected chi connectivity index (χ3v) is 4.56. The average molecular weight is 336 g/mol. The summed E-state index contributed by atoms with van der Waals surface area (Å²) in [6, 6.07) is 14.3. The van der Waals surface area contributed by atoms with Crippen LogP contribution in [0.25, 0.3) is 6.08 Å². The normalized spacial score (nSPS) is 12.4. The van der Waals surface area contributed by atoms with Gasteiger partial charge < -0.3 is 5.11 Å². The van der Waals surface area contributed by atoms with Gasteiger partial charge in [0.25, 0.3) is 0 Å². The van der Waals surface area contributed by atoms with Crippen LogP contribution in [0.1, 0.15) is 71.6 Å². The zero-order valence-corrected chi connectivity index (χ0v) is 15.5. The molecule has 0 fully saturated rings. The van der Waals surface area contributed by atoms with Crippen LogP contribution >= 0.6 is 0 Å². The minimum atomic E-state index is -0.843. The van der Waals surface area contributed by atoms with Crippen molar-refractivity contribution in [1.29, 1.82) is 0 Å². The van der Waals surface area contributed by atoms with E-state index in [0.29, 0.717) is 5.56 Å². The SMILES string of the molecule is CCCc1ccc(C=CCCC(C)c2cc(C)ccc2C(=O)O)cc1. The van der Waals surface area contributed by atoms with E-state index in [1.165, 1.54) is 17.5 Å². The van der Waals surface area contributed by atoms with Crippen molar-refractivity contribution in [2.45, 2.75) is 52.4 Å². The summed E-state index contributed by atoms with van der Waals surface area (Å²) in [4.78, 5) is 11.4. The Morgan fingerprint density at radius 1 is 1.16 bits per heavy atom. The lowest BCUT2D eigenvalue weighted by Crippen LogP contribution is -2.06. The fourth-order valence-electron chi connectivity index (χ4n) is 3.09. The molecule has 0 saturated heterocycles. The zero-order valence-electron chi connectivity index (χ0n) is 15.5. The van der Waals surface area contributed by atoms with Gasteiger partial charge in [-0.2, -0.15) is 0 Å². The molecule has 1 N–H and O–H groups in total. The molecule has 0 saturated carbocycles. The second kappa shape index (κ2) is 9.22. The highest BCUT2D eigenvalue weighted by Crippen LogP contribution is 2.26. The van der Waals surface area contributed by atoms with Gasteiger partial charge in [0.1, 0.15) is 0 Å². The summed E-state index contributed by atoms with van der Waals surface area (Å²) in [5, 5.41) is 9.37. The van der Waals surface area contributed by atoms with Crippen LogP contribution in [0.5, 0.6) is 0 Å². The molecule has 0 aliphatic carbocycles. The lowest BCUT2D eigenvalue weighted by molar-refractivity contribution is 0.0695. The van der Waals surface area contributed by atoms with Gasteiger partial charge >= 0.3 is 5.97 Å². The maximum Gasteiger partial charge on any atom is 0.335 e. The van der Waals surface area contributed by atoms with Gasteiger partial charge in [0.2, 0.25) is 0 Å². The molecule has 0 aliphatic rings. The Kier molecular flexibility index (Phi) is 7.00. The van der Waals surface area contributed by atoms with Crippen LogP contribution in [0.4, 0.5) is 0 Å². The van der Waals surface area contributed by atoms with E-state index in [9.17, 15) is 9.90 Å². The molecule has 132 valence electrons. The molecule has 0 amide bonds. The number of rotatable bonds is 8.